The molecule has 0 fully saturated rings. The Morgan fingerprint density at radius 3 is 2.20 bits per heavy atom. The van der Waals surface area contributed by atoms with Crippen LogP contribution in [-0.4, -0.2) is 47.9 Å². The Hall–Kier alpha value is 0.650. The van der Waals surface area contributed by atoms with Crippen molar-refractivity contribution in [1.82, 2.24) is 9.97 Å². The summed E-state index contributed by atoms with van der Waals surface area (Å²) >= 11 is 9.11. The minimum atomic E-state index is -3.64. The molecule has 0 radical (unpaired) electrons. The summed E-state index contributed by atoms with van der Waals surface area (Å²) in [4.78, 5) is 11.0. The van der Waals surface area contributed by atoms with E-state index >= 15 is 0 Å². The molecule has 0 saturated heterocycles. The lowest BCUT2D eigenvalue weighted by Crippen LogP contribution is -2.27. The van der Waals surface area contributed by atoms with Crippen molar-refractivity contribution in [1.29, 1.82) is 0 Å². The van der Waals surface area contributed by atoms with E-state index in [0.717, 1.165) is 36.3 Å². The molecule has 0 aromatic carbocycles. The molecule has 1 atom stereocenters. The quantitative estimate of drug-likeness (QED) is 0.194. The molecule has 0 unspecified atom stereocenters. The summed E-state index contributed by atoms with van der Waals surface area (Å²) in [6.45, 7) is 9.98. The Morgan fingerprint density at radius 2 is 1.70 bits per heavy atom. The molecule has 1 heterocycles. The number of aromatic nitrogens is 2. The molecule has 0 amide bonds. The fourth-order valence-electron chi connectivity index (χ4n) is 2.23. The summed E-state index contributed by atoms with van der Waals surface area (Å²) in [5.74, 6) is 1.30. The number of hydrogen-bond acceptors (Lipinski definition) is 12. The first kappa shape index (κ1) is 28.7. The summed E-state index contributed by atoms with van der Waals surface area (Å²) in [5.41, 5.74) is -1.77. The van der Waals surface area contributed by atoms with Crippen molar-refractivity contribution in [2.45, 2.75) is 40.7 Å². The van der Waals surface area contributed by atoms with Gasteiger partial charge >= 0.3 is 7.60 Å². The summed E-state index contributed by atoms with van der Waals surface area (Å²) in [7, 11) is -3.64. The zero-order valence-corrected chi connectivity index (χ0v) is 23.3. The molecule has 0 aliphatic heterocycles. The maximum atomic E-state index is 13.3. The molecule has 1 aromatic rings. The van der Waals surface area contributed by atoms with Crippen molar-refractivity contribution in [2.24, 2.45) is 0 Å². The molecule has 0 bridgehead atoms. The fourth-order valence-corrected chi connectivity index (χ4v) is 9.78. The summed E-state index contributed by atoms with van der Waals surface area (Å²) in [5, 5.41) is 0. The lowest BCUT2D eigenvalue weighted by Gasteiger charge is -2.23. The van der Waals surface area contributed by atoms with Crippen LogP contribution in [0.1, 0.15) is 39.8 Å². The van der Waals surface area contributed by atoms with Crippen LogP contribution in [0.5, 0.6) is 0 Å². The average molecular weight is 536 g/mol. The van der Waals surface area contributed by atoms with E-state index in [0.29, 0.717) is 31.3 Å². The molecule has 0 aliphatic rings. The van der Waals surface area contributed by atoms with Crippen LogP contribution in [0.3, 0.4) is 0 Å². The first-order valence-corrected chi connectivity index (χ1v) is 17.6. The van der Waals surface area contributed by atoms with Gasteiger partial charge in [-0.05, 0) is 69.2 Å². The maximum absolute atomic E-state index is 13.3. The van der Waals surface area contributed by atoms with Crippen LogP contribution in [0, 0.1) is 0 Å². The number of hydrogen-bond donors (Lipinski definition) is 0. The van der Waals surface area contributed by atoms with Gasteiger partial charge in [0.1, 0.15) is 0 Å². The van der Waals surface area contributed by atoms with Gasteiger partial charge in [0.05, 0.1) is 18.9 Å². The van der Waals surface area contributed by atoms with Gasteiger partial charge in [0.2, 0.25) is 11.6 Å². The smallest absolute Gasteiger partial charge is 0.341 e. The highest BCUT2D eigenvalue weighted by Gasteiger charge is 2.32. The molecular formula is C16H31N3O5P2S4. The second kappa shape index (κ2) is 14.7. The van der Waals surface area contributed by atoms with Crippen LogP contribution in [0.25, 0.3) is 0 Å². The van der Waals surface area contributed by atoms with E-state index in [-0.39, 0.29) is 12.0 Å². The third-order valence-electron chi connectivity index (χ3n) is 3.54. The third kappa shape index (κ3) is 8.89. The van der Waals surface area contributed by atoms with Crippen molar-refractivity contribution in [3.8, 4) is 0 Å². The van der Waals surface area contributed by atoms with E-state index in [1.807, 2.05) is 25.7 Å². The minimum absolute atomic E-state index is 0.121. The number of nitrogens with zero attached hydrogens (tertiary/aromatic N) is 3. The zero-order chi connectivity index (χ0) is 22.6. The van der Waals surface area contributed by atoms with Crippen LogP contribution in [0.15, 0.2) is 6.07 Å². The van der Waals surface area contributed by atoms with E-state index < -0.39 is 13.3 Å². The molecule has 0 saturated carbocycles. The monoisotopic (exact) mass is 535 g/mol. The first-order valence-electron chi connectivity index (χ1n) is 9.53. The first-order chi connectivity index (χ1) is 14.3. The van der Waals surface area contributed by atoms with Crippen molar-refractivity contribution in [3.05, 3.63) is 11.8 Å². The van der Waals surface area contributed by atoms with Gasteiger partial charge in [-0.2, -0.15) is 0 Å². The molecule has 14 heteroatoms. The second-order valence-electron chi connectivity index (χ2n) is 5.64. The molecule has 174 valence electrons. The SMILES string of the molecule is CCCS[P@@](=S)(OCC)OCc1cc(P(=O)(OSC)OSC)nc(N(CC)CC)n1. The van der Waals surface area contributed by atoms with E-state index in [2.05, 4.69) is 16.9 Å². The van der Waals surface area contributed by atoms with Gasteiger partial charge in [-0.3, -0.25) is 4.57 Å². The van der Waals surface area contributed by atoms with E-state index in [1.165, 1.54) is 11.4 Å². The van der Waals surface area contributed by atoms with Gasteiger partial charge < -0.3 is 13.9 Å². The third-order valence-corrected chi connectivity index (χ3v) is 12.7. The Bertz CT molecular complexity index is 733. The minimum Gasteiger partial charge on any atom is -0.341 e. The van der Waals surface area contributed by atoms with Gasteiger partial charge in [0.15, 0.2) is 5.44 Å². The average Bonchev–Trinajstić information content (AvgIpc) is 2.72. The number of rotatable bonds is 16. The molecule has 1 aromatic heterocycles. The highest BCUT2D eigenvalue weighted by Crippen LogP contribution is 2.61. The molecule has 0 spiro atoms. The van der Waals surface area contributed by atoms with Crippen LogP contribution in [0.4, 0.5) is 5.95 Å². The molecule has 8 nitrogen and oxygen atoms in total. The van der Waals surface area contributed by atoms with Gasteiger partial charge in [-0.15, -0.1) is 0 Å². The van der Waals surface area contributed by atoms with Crippen LogP contribution in [-0.2, 0) is 40.0 Å². The van der Waals surface area contributed by atoms with Crippen molar-refractivity contribution < 1.29 is 21.6 Å². The molecule has 1 rings (SSSR count). The second-order valence-corrected chi connectivity index (χ2v) is 15.4. The maximum Gasteiger partial charge on any atom is 0.401 e. The normalized spacial score (nSPS) is 13.9. The fraction of sp³-hybridized carbons (Fsp3) is 0.750. The largest absolute Gasteiger partial charge is 0.401 e. The lowest BCUT2D eigenvalue weighted by atomic mass is 10.4. The van der Waals surface area contributed by atoms with Crippen LogP contribution < -0.4 is 10.3 Å². The van der Waals surface area contributed by atoms with Crippen molar-refractivity contribution in [2.75, 3.05) is 42.9 Å². The number of anilines is 1. The zero-order valence-electron chi connectivity index (χ0n) is 18.2. The predicted octanol–water partition coefficient (Wildman–Crippen LogP) is 5.65. The van der Waals surface area contributed by atoms with Gasteiger partial charge in [0.25, 0.3) is 0 Å². The predicted molar refractivity (Wildman–Crippen MR) is 135 cm³/mol. The lowest BCUT2D eigenvalue weighted by molar-refractivity contribution is 0.259. The topological polar surface area (TPSA) is 83.0 Å². The standard InChI is InChI=1S/C16H31N3O5P2S4/c1-7-11-30-26(27,21-10-4)22-13-14-12-15(25(20,23-28-5)24-29-6)18-16(17-14)19(8-2)9-3/h12H,7-11,13H2,1-6H3/t26-/m0/s1. The molecule has 0 N–H and O–H groups in total. The molecule has 30 heavy (non-hydrogen) atoms. The molecular weight excluding hydrogens is 504 g/mol. The Balaban J connectivity index is 3.31. The van der Waals surface area contributed by atoms with Crippen LogP contribution in [0.2, 0.25) is 0 Å². The highest BCUT2D eigenvalue weighted by molar-refractivity contribution is 8.67. The summed E-state index contributed by atoms with van der Waals surface area (Å²) in [6, 6.07) is 1.59. The van der Waals surface area contributed by atoms with E-state index in [1.54, 1.807) is 18.6 Å². The Labute approximate surface area is 198 Å². The van der Waals surface area contributed by atoms with Crippen molar-refractivity contribution >= 4 is 71.9 Å². The van der Waals surface area contributed by atoms with Gasteiger partial charge in [-0.1, -0.05) is 18.3 Å². The summed E-state index contributed by atoms with van der Waals surface area (Å²) in [6.07, 6.45) is 4.33. The van der Waals surface area contributed by atoms with Crippen molar-refractivity contribution in [3.63, 3.8) is 0 Å². The highest BCUT2D eigenvalue weighted by atomic mass is 32.9. The Kier molecular flexibility index (Phi) is 14.1. The van der Waals surface area contributed by atoms with Crippen LogP contribution >= 0.6 is 48.8 Å². The van der Waals surface area contributed by atoms with E-state index in [9.17, 15) is 4.57 Å². The van der Waals surface area contributed by atoms with E-state index in [4.69, 9.17) is 28.8 Å². The summed E-state index contributed by atoms with van der Waals surface area (Å²) < 4.78 is 35.8. The van der Waals surface area contributed by atoms with Gasteiger partial charge in [0, 0.05) is 31.4 Å². The van der Waals surface area contributed by atoms with Gasteiger partial charge in [-0.25, -0.2) is 17.9 Å². The molecule has 0 aliphatic carbocycles. The Morgan fingerprint density at radius 1 is 1.07 bits per heavy atom.